The highest BCUT2D eigenvalue weighted by molar-refractivity contribution is 6.46. The molecule has 2 amide bonds. The van der Waals surface area contributed by atoms with Crippen LogP contribution in [0.25, 0.3) is 0 Å². The van der Waals surface area contributed by atoms with Crippen LogP contribution in [0.2, 0.25) is 0 Å². The largest absolute Gasteiger partial charge is 0.416 e. The minimum atomic E-state index is -4.54. The minimum Gasteiger partial charge on any atom is -0.345 e. The van der Waals surface area contributed by atoms with Crippen LogP contribution in [-0.4, -0.2) is 48.7 Å². The van der Waals surface area contributed by atoms with Crippen molar-refractivity contribution in [3.05, 3.63) is 76.6 Å². The molecule has 2 N–H and O–H groups in total. The van der Waals surface area contributed by atoms with Gasteiger partial charge in [-0.25, -0.2) is 0 Å². The van der Waals surface area contributed by atoms with Crippen LogP contribution < -0.4 is 5.32 Å². The Bertz CT molecular complexity index is 1530. The molecule has 1 aromatic heterocycles. The molecule has 1 saturated carbocycles. The third-order valence-electron chi connectivity index (χ3n) is 9.68. The number of benzene rings is 2. The monoisotopic (exact) mass is 623 g/mol. The number of H-pyrrole nitrogens is 1. The summed E-state index contributed by atoms with van der Waals surface area (Å²) in [6, 6.07) is 11.6. The van der Waals surface area contributed by atoms with Crippen LogP contribution in [0.15, 0.2) is 53.5 Å². The molecule has 12 heteroatoms. The summed E-state index contributed by atoms with van der Waals surface area (Å²) in [6.45, 7) is 8.88. The maximum Gasteiger partial charge on any atom is 0.416 e. The van der Waals surface area contributed by atoms with Crippen LogP contribution in [0.1, 0.15) is 112 Å². The van der Waals surface area contributed by atoms with Crippen molar-refractivity contribution in [1.82, 2.24) is 30.8 Å². The van der Waals surface area contributed by atoms with Crippen molar-refractivity contribution in [3.63, 3.8) is 0 Å². The Hall–Kier alpha value is -4.09. The van der Waals surface area contributed by atoms with E-state index in [1.165, 1.54) is 12.1 Å². The summed E-state index contributed by atoms with van der Waals surface area (Å²) in [6.07, 6.45) is 0.875. The number of hydrogen-bond donors (Lipinski definition) is 2. The molecule has 1 aliphatic heterocycles. The van der Waals surface area contributed by atoms with Gasteiger partial charge in [-0.15, -0.1) is 10.2 Å². The van der Waals surface area contributed by atoms with Gasteiger partial charge in [-0.05, 0) is 73.3 Å². The molecular formula is C33H40F3N7O2. The molecule has 2 heterocycles. The van der Waals surface area contributed by atoms with E-state index in [4.69, 9.17) is 4.99 Å². The third kappa shape index (κ3) is 6.64. The molecule has 2 aromatic carbocycles. The lowest BCUT2D eigenvalue weighted by Crippen LogP contribution is -2.51. The molecule has 1 fully saturated rings. The summed E-state index contributed by atoms with van der Waals surface area (Å²) in [7, 11) is 0. The first kappa shape index (κ1) is 32.3. The van der Waals surface area contributed by atoms with Crippen molar-refractivity contribution in [2.75, 3.05) is 0 Å². The van der Waals surface area contributed by atoms with E-state index in [1.54, 1.807) is 12.1 Å². The zero-order chi connectivity index (χ0) is 32.4. The predicted molar refractivity (Wildman–Crippen MR) is 163 cm³/mol. The number of tetrazole rings is 1. The lowest BCUT2D eigenvalue weighted by Gasteiger charge is -2.48. The van der Waals surface area contributed by atoms with Gasteiger partial charge in [0, 0.05) is 11.1 Å². The summed E-state index contributed by atoms with van der Waals surface area (Å²) in [5, 5.41) is 16.2. The van der Waals surface area contributed by atoms with Gasteiger partial charge in [-0.3, -0.25) is 14.6 Å². The fourth-order valence-electron chi connectivity index (χ4n) is 6.67. The number of hydrogen-bond acceptors (Lipinski definition) is 6. The van der Waals surface area contributed by atoms with Crippen molar-refractivity contribution in [1.29, 1.82) is 0 Å². The molecule has 0 saturated heterocycles. The Labute approximate surface area is 261 Å². The molecule has 5 rings (SSSR count). The number of aliphatic imine (C=N–C) groups is 1. The number of halogens is 3. The van der Waals surface area contributed by atoms with Crippen LogP contribution in [-0.2, 0) is 17.5 Å². The normalized spacial score (nSPS) is 21.2. The zero-order valence-electron chi connectivity index (χ0n) is 26.1. The number of aromatic nitrogens is 4. The molecule has 9 nitrogen and oxygen atoms in total. The fraction of sp³-hybridized carbons (Fsp3) is 0.515. The number of amides is 2. The third-order valence-corrected chi connectivity index (χ3v) is 9.68. The highest BCUT2D eigenvalue weighted by Gasteiger charge is 2.53. The number of alkyl halides is 3. The van der Waals surface area contributed by atoms with Gasteiger partial charge in [-0.2, -0.15) is 18.4 Å². The average molecular weight is 624 g/mol. The van der Waals surface area contributed by atoms with Gasteiger partial charge in [-0.1, -0.05) is 70.0 Å². The molecule has 0 unspecified atom stereocenters. The fourth-order valence-corrected chi connectivity index (χ4v) is 6.67. The molecule has 240 valence electrons. The van der Waals surface area contributed by atoms with E-state index in [-0.39, 0.29) is 41.1 Å². The van der Waals surface area contributed by atoms with E-state index in [0.717, 1.165) is 43.4 Å². The number of carbonyl (C=O) groups excluding carboxylic acids is 2. The molecule has 1 spiro atoms. The molecule has 3 aromatic rings. The van der Waals surface area contributed by atoms with Crippen molar-refractivity contribution >= 4 is 17.5 Å². The number of nitrogens with one attached hydrogen (secondary N) is 2. The van der Waals surface area contributed by atoms with Gasteiger partial charge in [0.2, 0.25) is 0 Å². The molecule has 0 radical (unpaired) electrons. The zero-order valence-corrected chi connectivity index (χ0v) is 26.1. The van der Waals surface area contributed by atoms with Crippen LogP contribution in [0.3, 0.4) is 0 Å². The maximum absolute atomic E-state index is 14.4. The second-order valence-electron chi connectivity index (χ2n) is 12.8. The molecule has 45 heavy (non-hydrogen) atoms. The number of carbonyl (C=O) groups is 2. The SMILES string of the molecule is CCC[C@H](c1ccc(C(=O)NCc2nn[nH]n2)cc1)N1C(=O)C(c2cccc(C(F)(F)F)c2)=NC12CCC(C(C)(C)CC)CC2. The highest BCUT2D eigenvalue weighted by Crippen LogP contribution is 2.50. The molecule has 2 aliphatic rings. The first-order valence-corrected chi connectivity index (χ1v) is 15.6. The van der Waals surface area contributed by atoms with Crippen molar-refractivity contribution in [2.24, 2.45) is 16.3 Å². The van der Waals surface area contributed by atoms with Gasteiger partial charge in [0.15, 0.2) is 5.82 Å². The molecule has 1 aliphatic carbocycles. The van der Waals surface area contributed by atoms with E-state index in [1.807, 2.05) is 24.0 Å². The Balaban J connectivity index is 1.48. The van der Waals surface area contributed by atoms with Crippen LogP contribution >= 0.6 is 0 Å². The standard InChI is InChI=1S/C33H40F3N7O2/c1-5-8-26(21-11-13-22(14-12-21)29(44)37-20-27-39-41-42-40-27)43-30(45)28(23-9-7-10-25(19-23)33(34,35)36)38-32(43)17-15-24(16-18-32)31(3,4)6-2/h7,9-14,19,24,26H,5-6,8,15-18,20H2,1-4H3,(H,37,44)(H,39,40,41,42)/t24?,26-,32?/m1/s1. The van der Waals surface area contributed by atoms with Crippen molar-refractivity contribution in [3.8, 4) is 0 Å². The number of nitrogens with zero attached hydrogens (tertiary/aromatic N) is 5. The van der Waals surface area contributed by atoms with E-state index >= 15 is 0 Å². The van der Waals surface area contributed by atoms with E-state index in [2.05, 4.69) is 46.7 Å². The summed E-state index contributed by atoms with van der Waals surface area (Å²) in [5.41, 5.74) is -0.00863. The number of rotatable bonds is 10. The second kappa shape index (κ2) is 12.7. The molecular weight excluding hydrogens is 583 g/mol. The second-order valence-corrected chi connectivity index (χ2v) is 12.8. The summed E-state index contributed by atoms with van der Waals surface area (Å²) >= 11 is 0. The Morgan fingerprint density at radius 2 is 1.82 bits per heavy atom. The van der Waals surface area contributed by atoms with E-state index in [0.29, 0.717) is 36.6 Å². The van der Waals surface area contributed by atoms with E-state index < -0.39 is 17.4 Å². The maximum atomic E-state index is 14.4. The van der Waals surface area contributed by atoms with Crippen LogP contribution in [0.5, 0.6) is 0 Å². The predicted octanol–water partition coefficient (Wildman–Crippen LogP) is 6.64. The van der Waals surface area contributed by atoms with Gasteiger partial charge in [0.05, 0.1) is 18.2 Å². The Morgan fingerprint density at radius 1 is 1.11 bits per heavy atom. The van der Waals surface area contributed by atoms with Gasteiger partial charge in [0.25, 0.3) is 11.8 Å². The van der Waals surface area contributed by atoms with Gasteiger partial charge in [0.1, 0.15) is 11.4 Å². The lowest BCUT2D eigenvalue weighted by atomic mass is 9.67. The van der Waals surface area contributed by atoms with Gasteiger partial charge < -0.3 is 10.2 Å². The minimum absolute atomic E-state index is 0.0767. The van der Waals surface area contributed by atoms with Gasteiger partial charge >= 0.3 is 6.18 Å². The highest BCUT2D eigenvalue weighted by atomic mass is 19.4. The summed E-state index contributed by atoms with van der Waals surface area (Å²) in [5.74, 6) is 0.143. The lowest BCUT2D eigenvalue weighted by molar-refractivity contribution is -0.137. The number of aromatic amines is 1. The van der Waals surface area contributed by atoms with Crippen LogP contribution in [0, 0.1) is 11.3 Å². The average Bonchev–Trinajstić information content (AvgIpc) is 3.65. The van der Waals surface area contributed by atoms with E-state index in [9.17, 15) is 22.8 Å². The molecule has 1 atom stereocenters. The quantitative estimate of drug-likeness (QED) is 0.263. The summed E-state index contributed by atoms with van der Waals surface area (Å²) in [4.78, 5) is 34.0. The first-order chi connectivity index (χ1) is 21.4. The Kier molecular flexibility index (Phi) is 9.14. The smallest absolute Gasteiger partial charge is 0.345 e. The topological polar surface area (TPSA) is 116 Å². The Morgan fingerprint density at radius 3 is 2.42 bits per heavy atom. The van der Waals surface area contributed by atoms with Crippen molar-refractivity contribution in [2.45, 2.75) is 97.1 Å². The first-order valence-electron chi connectivity index (χ1n) is 15.6. The molecule has 0 bridgehead atoms. The van der Waals surface area contributed by atoms with Crippen molar-refractivity contribution < 1.29 is 22.8 Å². The van der Waals surface area contributed by atoms with Crippen LogP contribution in [0.4, 0.5) is 13.2 Å². The summed E-state index contributed by atoms with van der Waals surface area (Å²) < 4.78 is 41.0.